The highest BCUT2D eigenvalue weighted by Crippen LogP contribution is 2.33. The van der Waals surface area contributed by atoms with Crippen molar-refractivity contribution in [2.75, 3.05) is 0 Å². The summed E-state index contributed by atoms with van der Waals surface area (Å²) in [5, 5.41) is 1.80. The predicted octanol–water partition coefficient (Wildman–Crippen LogP) is 6.19. The SMILES string of the molecule is [2H]c1c([2H])[n+](C)c(-c2cc(C([2H])(C)C)cc(C)c2C)c2ccc(C(C)C)cc12. The van der Waals surface area contributed by atoms with Crippen LogP contribution in [0.15, 0.2) is 42.5 Å². The number of benzene rings is 2. The quantitative estimate of drug-likeness (QED) is 0.502. The molecule has 0 aliphatic carbocycles. The number of fused-ring (bicyclic) bond motifs is 1. The Morgan fingerprint density at radius 2 is 1.72 bits per heavy atom. The topological polar surface area (TPSA) is 3.88 Å². The van der Waals surface area contributed by atoms with Gasteiger partial charge in [-0.25, -0.2) is 4.57 Å². The van der Waals surface area contributed by atoms with E-state index >= 15 is 0 Å². The van der Waals surface area contributed by atoms with Gasteiger partial charge in [-0.2, -0.15) is 0 Å². The second kappa shape index (κ2) is 6.63. The largest absolute Gasteiger partial charge is 0.220 e. The molecule has 25 heavy (non-hydrogen) atoms. The van der Waals surface area contributed by atoms with E-state index < -0.39 is 5.89 Å². The van der Waals surface area contributed by atoms with Crippen LogP contribution in [0.25, 0.3) is 22.0 Å². The van der Waals surface area contributed by atoms with Crippen LogP contribution in [0.5, 0.6) is 0 Å². The van der Waals surface area contributed by atoms with Crippen molar-refractivity contribution < 1.29 is 8.68 Å². The van der Waals surface area contributed by atoms with Gasteiger partial charge in [0, 0.05) is 7.41 Å². The molecule has 0 amide bonds. The summed E-state index contributed by atoms with van der Waals surface area (Å²) in [7, 11) is 1.86. The van der Waals surface area contributed by atoms with Crippen LogP contribution in [-0.4, -0.2) is 0 Å². The summed E-state index contributed by atoms with van der Waals surface area (Å²) in [5.41, 5.74) is 6.40. The smallest absolute Gasteiger partial charge is 0.200 e. The third-order valence-corrected chi connectivity index (χ3v) is 5.16. The minimum absolute atomic E-state index is 0.205. The number of nitrogens with zero attached hydrogens (tertiary/aromatic N) is 1. The van der Waals surface area contributed by atoms with E-state index in [9.17, 15) is 0 Å². The van der Waals surface area contributed by atoms with Crippen molar-refractivity contribution in [3.8, 4) is 11.3 Å². The molecule has 0 fully saturated rings. The van der Waals surface area contributed by atoms with Crippen LogP contribution >= 0.6 is 0 Å². The van der Waals surface area contributed by atoms with Crippen molar-refractivity contribution in [2.45, 2.75) is 53.4 Å². The van der Waals surface area contributed by atoms with Crippen molar-refractivity contribution in [2.24, 2.45) is 7.05 Å². The highest BCUT2D eigenvalue weighted by molar-refractivity contribution is 5.94. The summed E-state index contributed by atoms with van der Waals surface area (Å²) in [6.45, 7) is 12.3. The molecular formula is C24H30N+. The number of rotatable bonds is 3. The van der Waals surface area contributed by atoms with Crippen LogP contribution in [-0.2, 0) is 7.05 Å². The first-order valence-electron chi connectivity index (χ1n) is 10.5. The predicted molar refractivity (Wildman–Crippen MR) is 108 cm³/mol. The standard InChI is InChI=1S/C24H30N/c1-15(2)19-8-9-22-20(13-19)10-11-25(7)24(22)23-14-21(16(3)4)12-17(5)18(23)6/h8-16H,1-7H3/q+1/i10D,11D,16D. The number of aromatic nitrogens is 1. The molecule has 1 aromatic heterocycles. The van der Waals surface area contributed by atoms with E-state index in [2.05, 4.69) is 58.0 Å². The molecule has 1 heteroatoms. The number of aryl methyl sites for hydroxylation is 1. The molecule has 3 aromatic rings. The molecule has 0 bridgehead atoms. The van der Waals surface area contributed by atoms with Crippen LogP contribution in [0.3, 0.4) is 0 Å². The molecule has 3 rings (SSSR count). The van der Waals surface area contributed by atoms with E-state index in [-0.39, 0.29) is 12.2 Å². The lowest BCUT2D eigenvalue weighted by molar-refractivity contribution is -0.659. The summed E-state index contributed by atoms with van der Waals surface area (Å²) < 4.78 is 27.4. The Balaban J connectivity index is 2.46. The van der Waals surface area contributed by atoms with E-state index in [0.29, 0.717) is 5.92 Å². The van der Waals surface area contributed by atoms with Gasteiger partial charge in [-0.3, -0.25) is 0 Å². The van der Waals surface area contributed by atoms with Crippen molar-refractivity contribution in [3.63, 3.8) is 0 Å². The summed E-state index contributed by atoms with van der Waals surface area (Å²) >= 11 is 0. The third-order valence-electron chi connectivity index (χ3n) is 5.16. The van der Waals surface area contributed by atoms with Gasteiger partial charge in [0.1, 0.15) is 8.42 Å². The summed E-state index contributed by atoms with van der Waals surface area (Å²) in [6, 6.07) is 10.7. The summed E-state index contributed by atoms with van der Waals surface area (Å²) in [4.78, 5) is 0. The van der Waals surface area contributed by atoms with Gasteiger partial charge in [-0.1, -0.05) is 45.9 Å². The Kier molecular flexibility index (Phi) is 3.73. The normalized spacial score (nSPS) is 13.8. The molecule has 0 saturated carbocycles. The van der Waals surface area contributed by atoms with Gasteiger partial charge in [0.25, 0.3) is 0 Å². The molecule has 0 spiro atoms. The van der Waals surface area contributed by atoms with Gasteiger partial charge in [0.15, 0.2) is 6.17 Å². The van der Waals surface area contributed by atoms with Crippen LogP contribution < -0.4 is 4.57 Å². The maximum Gasteiger partial charge on any atom is 0.220 e. The van der Waals surface area contributed by atoms with Crippen molar-refractivity contribution >= 4 is 10.8 Å². The van der Waals surface area contributed by atoms with Gasteiger partial charge in [0.2, 0.25) is 5.69 Å². The van der Waals surface area contributed by atoms with Gasteiger partial charge in [-0.15, -0.1) is 0 Å². The Labute approximate surface area is 156 Å². The first-order valence-corrected chi connectivity index (χ1v) is 8.98. The molecule has 2 aromatic carbocycles. The zero-order valence-corrected chi connectivity index (χ0v) is 16.4. The fraction of sp³-hybridized carbons (Fsp3) is 0.375. The molecule has 1 heterocycles. The van der Waals surface area contributed by atoms with Crippen molar-refractivity contribution in [1.82, 2.24) is 0 Å². The average molecular weight is 336 g/mol. The molecule has 1 nitrogen and oxygen atoms in total. The summed E-state index contributed by atoms with van der Waals surface area (Å²) in [5.74, 6) is -0.335. The fourth-order valence-electron chi connectivity index (χ4n) is 3.33. The van der Waals surface area contributed by atoms with Crippen LogP contribution in [0.4, 0.5) is 0 Å². The Hall–Kier alpha value is -2.15. The van der Waals surface area contributed by atoms with E-state index in [1.54, 1.807) is 0 Å². The Morgan fingerprint density at radius 3 is 2.36 bits per heavy atom. The molecule has 0 aliphatic heterocycles. The van der Waals surface area contributed by atoms with Gasteiger partial charge < -0.3 is 0 Å². The van der Waals surface area contributed by atoms with Crippen molar-refractivity contribution in [1.29, 1.82) is 0 Å². The zero-order chi connectivity index (χ0) is 21.0. The molecule has 0 radical (unpaired) electrons. The lowest BCUT2D eigenvalue weighted by atomic mass is 9.90. The first-order chi connectivity index (χ1) is 12.9. The second-order valence-corrected chi connectivity index (χ2v) is 7.57. The highest BCUT2D eigenvalue weighted by Gasteiger charge is 2.19. The van der Waals surface area contributed by atoms with Crippen LogP contribution in [0.2, 0.25) is 0 Å². The van der Waals surface area contributed by atoms with Crippen molar-refractivity contribution in [3.05, 3.63) is 64.8 Å². The maximum absolute atomic E-state index is 8.53. The summed E-state index contributed by atoms with van der Waals surface area (Å²) in [6.07, 6.45) is 0.205. The van der Waals surface area contributed by atoms with E-state index in [1.165, 1.54) is 5.56 Å². The minimum atomic E-state index is -0.703. The molecule has 0 N–H and O–H groups in total. The monoisotopic (exact) mass is 335 g/mol. The van der Waals surface area contributed by atoms with E-state index in [1.807, 2.05) is 25.5 Å². The molecule has 130 valence electrons. The molecule has 0 atom stereocenters. The fourth-order valence-corrected chi connectivity index (χ4v) is 3.33. The lowest BCUT2D eigenvalue weighted by Gasteiger charge is -2.15. The van der Waals surface area contributed by atoms with E-state index in [4.69, 9.17) is 4.11 Å². The third kappa shape index (κ3) is 3.20. The lowest BCUT2D eigenvalue weighted by Crippen LogP contribution is -2.31. The van der Waals surface area contributed by atoms with Gasteiger partial charge in [-0.05, 0) is 65.4 Å². The molecular weight excluding hydrogens is 302 g/mol. The average Bonchev–Trinajstić information content (AvgIpc) is 2.62. The molecule has 0 saturated heterocycles. The second-order valence-electron chi connectivity index (χ2n) is 7.57. The number of hydrogen-bond acceptors (Lipinski definition) is 0. The minimum Gasteiger partial charge on any atom is -0.200 e. The highest BCUT2D eigenvalue weighted by atomic mass is 14.9. The molecule has 0 aliphatic rings. The first kappa shape index (κ1) is 14.1. The number of pyridine rings is 1. The number of hydrogen-bond donors (Lipinski definition) is 0. The molecule has 0 unspecified atom stereocenters. The Bertz CT molecular complexity index is 1080. The van der Waals surface area contributed by atoms with E-state index in [0.717, 1.165) is 38.7 Å². The maximum atomic E-state index is 8.53. The van der Waals surface area contributed by atoms with Gasteiger partial charge >= 0.3 is 0 Å². The zero-order valence-electron chi connectivity index (χ0n) is 19.4. The van der Waals surface area contributed by atoms with Gasteiger partial charge in [0.05, 0.1) is 12.3 Å². The van der Waals surface area contributed by atoms with Crippen LogP contribution in [0.1, 0.15) is 65.9 Å². The Morgan fingerprint density at radius 1 is 1.00 bits per heavy atom. The van der Waals surface area contributed by atoms with Crippen LogP contribution in [0, 0.1) is 13.8 Å².